The lowest BCUT2D eigenvalue weighted by Crippen LogP contribution is -2.16. The second kappa shape index (κ2) is 21.6. The van der Waals surface area contributed by atoms with Crippen LogP contribution in [0.15, 0.2) is 84.5 Å². The first-order valence-corrected chi connectivity index (χ1v) is 15.7. The van der Waals surface area contributed by atoms with Gasteiger partial charge in [-0.15, -0.1) is 6.58 Å². The summed E-state index contributed by atoms with van der Waals surface area (Å²) in [5.74, 6) is 1.28. The summed E-state index contributed by atoms with van der Waals surface area (Å²) in [6, 6.07) is 13.6. The first kappa shape index (κ1) is 39.9. The average molecular weight is 598 g/mol. The zero-order valence-electron chi connectivity index (χ0n) is 29.2. The number of benzene rings is 2. The zero-order chi connectivity index (χ0) is 33.8. The van der Waals surface area contributed by atoms with Crippen molar-refractivity contribution in [3.8, 4) is 17.6 Å². The van der Waals surface area contributed by atoms with Crippen LogP contribution in [0.4, 0.5) is 0 Å². The summed E-state index contributed by atoms with van der Waals surface area (Å²) in [4.78, 5) is 11.8. The van der Waals surface area contributed by atoms with E-state index in [1.54, 1.807) is 20.1 Å². The lowest BCUT2D eigenvalue weighted by molar-refractivity contribution is 0.101. The van der Waals surface area contributed by atoms with Crippen LogP contribution in [0.5, 0.6) is 11.5 Å². The van der Waals surface area contributed by atoms with Gasteiger partial charge in [-0.05, 0) is 100 Å². The number of rotatable bonds is 13. The molecule has 0 bridgehead atoms. The Bertz CT molecular complexity index is 1370. The lowest BCUT2D eigenvalue weighted by atomic mass is 9.92. The minimum absolute atomic E-state index is 0.00457. The number of hydrogen-bond acceptors (Lipinski definition) is 4. The van der Waals surface area contributed by atoms with Gasteiger partial charge in [0.05, 0.1) is 18.8 Å². The molecule has 0 aromatic heterocycles. The van der Waals surface area contributed by atoms with E-state index in [0.717, 1.165) is 59.1 Å². The Morgan fingerprint density at radius 3 is 1.98 bits per heavy atom. The van der Waals surface area contributed by atoms with Crippen molar-refractivity contribution in [1.82, 2.24) is 0 Å². The van der Waals surface area contributed by atoms with Crippen LogP contribution in [-0.4, -0.2) is 19.0 Å². The van der Waals surface area contributed by atoms with Crippen molar-refractivity contribution in [2.75, 3.05) is 7.11 Å². The van der Waals surface area contributed by atoms with Gasteiger partial charge in [-0.1, -0.05) is 89.1 Å². The maximum absolute atomic E-state index is 11.8. The normalized spacial score (nSPS) is 11.4. The van der Waals surface area contributed by atoms with Gasteiger partial charge in [-0.3, -0.25) is 4.79 Å². The van der Waals surface area contributed by atoms with Crippen LogP contribution in [0.3, 0.4) is 0 Å². The minimum Gasteiger partial charge on any atom is -0.496 e. The van der Waals surface area contributed by atoms with Crippen LogP contribution in [-0.2, 0) is 0 Å². The molecule has 0 aliphatic carbocycles. The topological polar surface area (TPSA) is 59.3 Å². The van der Waals surface area contributed by atoms with E-state index in [0.29, 0.717) is 22.6 Å². The molecule has 4 nitrogen and oxygen atoms in total. The van der Waals surface area contributed by atoms with Gasteiger partial charge in [0, 0.05) is 11.1 Å². The van der Waals surface area contributed by atoms with E-state index in [4.69, 9.17) is 9.47 Å². The van der Waals surface area contributed by atoms with Gasteiger partial charge in [-0.25, -0.2) is 0 Å². The second-order valence-electron chi connectivity index (χ2n) is 10.7. The van der Waals surface area contributed by atoms with Crippen LogP contribution in [0.1, 0.15) is 122 Å². The third-order valence-corrected chi connectivity index (χ3v) is 6.57. The molecule has 0 unspecified atom stereocenters. The number of nitriles is 1. The minimum atomic E-state index is -0.00457. The Hall–Kier alpha value is -4.10. The number of nitrogens with zero attached hydrogens (tertiary/aromatic N) is 1. The van der Waals surface area contributed by atoms with Crippen LogP contribution in [0.2, 0.25) is 0 Å². The molecular weight excluding hydrogens is 542 g/mol. The zero-order valence-corrected chi connectivity index (χ0v) is 29.2. The molecule has 0 amide bonds. The molecule has 0 saturated heterocycles. The van der Waals surface area contributed by atoms with Crippen molar-refractivity contribution in [3.63, 3.8) is 0 Å². The van der Waals surface area contributed by atoms with Gasteiger partial charge >= 0.3 is 0 Å². The number of Topliss-reactive ketones (excluding diaryl/α,β-unsaturated/α-hetero) is 1. The highest BCUT2D eigenvalue weighted by molar-refractivity contribution is 5.95. The smallest absolute Gasteiger partial charge is 0.159 e. The first-order valence-electron chi connectivity index (χ1n) is 15.7. The Morgan fingerprint density at radius 1 is 0.932 bits per heavy atom. The van der Waals surface area contributed by atoms with Gasteiger partial charge in [0.25, 0.3) is 0 Å². The molecule has 2 rings (SSSR count). The van der Waals surface area contributed by atoms with E-state index in [2.05, 4.69) is 33.1 Å². The largest absolute Gasteiger partial charge is 0.496 e. The molecule has 2 aromatic rings. The second-order valence-corrected chi connectivity index (χ2v) is 10.7. The molecule has 0 saturated carbocycles. The van der Waals surface area contributed by atoms with Crippen molar-refractivity contribution >= 4 is 16.9 Å². The Labute approximate surface area is 268 Å². The van der Waals surface area contributed by atoms with Gasteiger partial charge < -0.3 is 9.47 Å². The van der Waals surface area contributed by atoms with Crippen molar-refractivity contribution in [2.45, 2.75) is 101 Å². The predicted molar refractivity (Wildman–Crippen MR) is 190 cm³/mol. The van der Waals surface area contributed by atoms with E-state index in [1.807, 2.05) is 97.0 Å². The van der Waals surface area contributed by atoms with Crippen LogP contribution in [0, 0.1) is 11.3 Å². The van der Waals surface area contributed by atoms with Gasteiger partial charge in [0.2, 0.25) is 0 Å². The van der Waals surface area contributed by atoms with Gasteiger partial charge in [0.1, 0.15) is 17.6 Å². The molecule has 238 valence electrons. The standard InChI is InChI=1S/C34H41NO3.C4H8.C2H6/c1-9-12-30(13-10-2)38-33-18-16-28(20-29(33)22-35)32(14-11-3)25(6)23(4)19-24(5)31-17-15-27(26(7)36)21-34(31)37-8;1-4(2)3;1-2/h11,14-21,30H,4,9-10,12-13H2,1-3,5-8H3;1H2,2-3H3;1-2H3/b14-11-,24-19+,32-25+;;. The lowest BCUT2D eigenvalue weighted by Gasteiger charge is -2.19. The number of hydrogen-bond donors (Lipinski definition) is 0. The van der Waals surface area contributed by atoms with E-state index >= 15 is 0 Å². The molecule has 0 aliphatic heterocycles. The molecule has 0 fully saturated rings. The molecule has 44 heavy (non-hydrogen) atoms. The highest BCUT2D eigenvalue weighted by Gasteiger charge is 2.15. The van der Waals surface area contributed by atoms with E-state index < -0.39 is 0 Å². The summed E-state index contributed by atoms with van der Waals surface area (Å²) in [6.45, 7) is 27.7. The van der Waals surface area contributed by atoms with Crippen LogP contribution >= 0.6 is 0 Å². The fourth-order valence-corrected chi connectivity index (χ4v) is 4.43. The monoisotopic (exact) mass is 597 g/mol. The third kappa shape index (κ3) is 13.0. The maximum atomic E-state index is 11.8. The van der Waals surface area contributed by atoms with Crippen molar-refractivity contribution < 1.29 is 14.3 Å². The summed E-state index contributed by atoms with van der Waals surface area (Å²) >= 11 is 0. The molecule has 2 aromatic carbocycles. The van der Waals surface area contributed by atoms with E-state index in [-0.39, 0.29) is 11.9 Å². The number of carbonyl (C=O) groups excluding carboxylic acids is 1. The van der Waals surface area contributed by atoms with E-state index in [9.17, 15) is 10.1 Å². The highest BCUT2D eigenvalue weighted by atomic mass is 16.5. The summed E-state index contributed by atoms with van der Waals surface area (Å²) < 4.78 is 11.8. The number of allylic oxidation sites excluding steroid dienone is 8. The van der Waals surface area contributed by atoms with Gasteiger partial charge in [-0.2, -0.15) is 5.26 Å². The molecular formula is C40H55NO3. The molecule has 0 heterocycles. The van der Waals surface area contributed by atoms with E-state index in [1.165, 1.54) is 5.57 Å². The number of methoxy groups -OCH3 is 1. The molecule has 0 spiro atoms. The first-order chi connectivity index (χ1) is 20.9. The summed E-state index contributed by atoms with van der Waals surface area (Å²) in [5.41, 5.74) is 7.95. The average Bonchev–Trinajstić information content (AvgIpc) is 3.00. The molecule has 0 atom stereocenters. The maximum Gasteiger partial charge on any atom is 0.159 e. The fourth-order valence-electron chi connectivity index (χ4n) is 4.43. The predicted octanol–water partition coefficient (Wildman–Crippen LogP) is 11.7. The summed E-state index contributed by atoms with van der Waals surface area (Å²) in [5, 5.41) is 9.90. The molecule has 0 aliphatic rings. The third-order valence-electron chi connectivity index (χ3n) is 6.57. The molecule has 0 radical (unpaired) electrons. The van der Waals surface area contributed by atoms with Crippen molar-refractivity contribution in [1.29, 1.82) is 5.26 Å². The SMILES string of the molecule is C=C(/C=C(\C)c1ccc(C(C)=O)cc1OC)/C(C)=C(\C=C/C)c1ccc(OC(CCC)CCC)c(C#N)c1.C=C(C)C.CC. The number of ketones is 1. The number of carbonyl (C=O) groups is 1. The highest BCUT2D eigenvalue weighted by Crippen LogP contribution is 2.33. The summed E-state index contributed by atoms with van der Waals surface area (Å²) in [6.07, 6.45) is 10.2. The van der Waals surface area contributed by atoms with Crippen LogP contribution in [0.25, 0.3) is 11.1 Å². The van der Waals surface area contributed by atoms with Crippen molar-refractivity contribution in [2.24, 2.45) is 0 Å². The van der Waals surface area contributed by atoms with Crippen molar-refractivity contribution in [3.05, 3.63) is 107 Å². The number of ether oxygens (including phenoxy) is 2. The quantitative estimate of drug-likeness (QED) is 0.131. The van der Waals surface area contributed by atoms with Crippen LogP contribution < -0.4 is 9.47 Å². The Balaban J connectivity index is 0.00000284. The Morgan fingerprint density at radius 2 is 1.50 bits per heavy atom. The fraction of sp³-hybridized carbons (Fsp3) is 0.400. The Kier molecular flexibility index (Phi) is 19.6. The molecule has 4 heteroatoms. The van der Waals surface area contributed by atoms with Gasteiger partial charge in [0.15, 0.2) is 5.78 Å². The molecule has 0 N–H and O–H groups in total. The summed E-state index contributed by atoms with van der Waals surface area (Å²) in [7, 11) is 1.60.